The van der Waals surface area contributed by atoms with Gasteiger partial charge in [-0.2, -0.15) is 0 Å². The van der Waals surface area contributed by atoms with E-state index in [4.69, 9.17) is 16.6 Å². The minimum Gasteiger partial charge on any atom is -0.459 e. The molecule has 1 amide bonds. The Labute approximate surface area is 215 Å². The van der Waals surface area contributed by atoms with E-state index < -0.39 is 6.04 Å². The summed E-state index contributed by atoms with van der Waals surface area (Å²) in [6, 6.07) is 22.2. The van der Waals surface area contributed by atoms with Crippen LogP contribution >= 0.6 is 28.1 Å². The molecule has 0 bridgehead atoms. The van der Waals surface area contributed by atoms with E-state index in [1.54, 1.807) is 17.2 Å². The van der Waals surface area contributed by atoms with Crippen molar-refractivity contribution in [1.29, 1.82) is 0 Å². The van der Waals surface area contributed by atoms with Crippen molar-refractivity contribution in [2.45, 2.75) is 12.1 Å². The molecule has 1 aliphatic rings. The molecule has 0 saturated carbocycles. The van der Waals surface area contributed by atoms with Crippen molar-refractivity contribution in [3.8, 4) is 11.3 Å². The van der Waals surface area contributed by atoms with E-state index in [1.807, 2.05) is 60.7 Å². The number of benzene rings is 2. The molecule has 0 spiro atoms. The molecule has 0 radical (unpaired) electrons. The summed E-state index contributed by atoms with van der Waals surface area (Å²) in [7, 11) is 0. The molecule has 176 valence electrons. The van der Waals surface area contributed by atoms with Gasteiger partial charge >= 0.3 is 0 Å². The molecule has 35 heavy (non-hydrogen) atoms. The van der Waals surface area contributed by atoms with Crippen LogP contribution in [0.3, 0.4) is 0 Å². The first kappa shape index (κ1) is 23.2. The Morgan fingerprint density at radius 1 is 1.11 bits per heavy atom. The molecule has 6 nitrogen and oxygen atoms in total. The number of para-hydroxylation sites is 1. The van der Waals surface area contributed by atoms with E-state index in [9.17, 15) is 9.18 Å². The molecule has 3 heterocycles. The number of nitrogens with zero attached hydrogens (tertiary/aromatic N) is 2. The maximum absolute atomic E-state index is 13.6. The number of nitrogens with one attached hydrogen (secondary N) is 2. The number of thiocarbonyl (C=S) groups is 1. The molecule has 1 fully saturated rings. The normalized spacial score (nSPS) is 17.3. The van der Waals surface area contributed by atoms with Gasteiger partial charge < -0.3 is 20.0 Å². The standard InChI is InChI=1S/C26H20BrFN4O2S/c27-19-14-16(28)9-10-18(19)21-11-12-22(34-21)25-24(20-8-4-5-13-29-20)31-26(35)32(25)15-23(33)30-17-6-2-1-3-7-17/h1-14,24-25H,15H2,(H,30,33)(H,31,35). The van der Waals surface area contributed by atoms with Crippen LogP contribution in [-0.2, 0) is 4.79 Å². The van der Waals surface area contributed by atoms with E-state index in [-0.39, 0.29) is 24.3 Å². The Morgan fingerprint density at radius 2 is 1.91 bits per heavy atom. The number of amides is 1. The van der Waals surface area contributed by atoms with Crippen molar-refractivity contribution in [3.63, 3.8) is 0 Å². The van der Waals surface area contributed by atoms with Crippen LogP contribution < -0.4 is 10.6 Å². The van der Waals surface area contributed by atoms with Gasteiger partial charge in [-0.05, 0) is 82.7 Å². The highest BCUT2D eigenvalue weighted by Gasteiger charge is 2.42. The summed E-state index contributed by atoms with van der Waals surface area (Å²) in [5.41, 5.74) is 2.19. The second-order valence-corrected chi connectivity index (χ2v) is 9.24. The minimum atomic E-state index is -0.424. The number of hydrogen-bond donors (Lipinski definition) is 2. The minimum absolute atomic E-state index is 0.0189. The first-order valence-electron chi connectivity index (χ1n) is 10.9. The largest absolute Gasteiger partial charge is 0.459 e. The number of rotatable bonds is 6. The second kappa shape index (κ2) is 9.97. The number of hydrogen-bond acceptors (Lipinski definition) is 4. The van der Waals surface area contributed by atoms with E-state index in [1.165, 1.54) is 12.1 Å². The average Bonchev–Trinajstić information content (AvgIpc) is 3.45. The van der Waals surface area contributed by atoms with E-state index in [2.05, 4.69) is 31.5 Å². The Hall–Kier alpha value is -3.56. The quantitative estimate of drug-likeness (QED) is 0.293. The van der Waals surface area contributed by atoms with Gasteiger partial charge in [0, 0.05) is 21.9 Å². The number of furan rings is 1. The van der Waals surface area contributed by atoms with Gasteiger partial charge in [0.05, 0.1) is 11.7 Å². The molecule has 4 aromatic rings. The van der Waals surface area contributed by atoms with Gasteiger partial charge in [-0.25, -0.2) is 4.39 Å². The van der Waals surface area contributed by atoms with Crippen molar-refractivity contribution < 1.29 is 13.6 Å². The SMILES string of the molecule is O=C(CN1C(=S)NC(c2ccccn2)C1c1ccc(-c2ccc(F)cc2Br)o1)Nc1ccccc1. The number of pyridine rings is 1. The topological polar surface area (TPSA) is 70.4 Å². The van der Waals surface area contributed by atoms with Crippen molar-refractivity contribution >= 4 is 44.9 Å². The van der Waals surface area contributed by atoms with Gasteiger partial charge in [0.15, 0.2) is 5.11 Å². The lowest BCUT2D eigenvalue weighted by Gasteiger charge is -2.25. The molecule has 5 rings (SSSR count). The van der Waals surface area contributed by atoms with Crippen molar-refractivity contribution in [2.75, 3.05) is 11.9 Å². The zero-order chi connectivity index (χ0) is 24.4. The average molecular weight is 551 g/mol. The molecule has 1 saturated heterocycles. The smallest absolute Gasteiger partial charge is 0.244 e. The fourth-order valence-corrected chi connectivity index (χ4v) is 4.96. The second-order valence-electron chi connectivity index (χ2n) is 7.99. The number of aromatic nitrogens is 1. The van der Waals surface area contributed by atoms with Gasteiger partial charge in [-0.15, -0.1) is 0 Å². The summed E-state index contributed by atoms with van der Waals surface area (Å²) >= 11 is 9.03. The monoisotopic (exact) mass is 550 g/mol. The highest BCUT2D eigenvalue weighted by Crippen LogP contribution is 2.41. The summed E-state index contributed by atoms with van der Waals surface area (Å²) in [5, 5.41) is 6.63. The van der Waals surface area contributed by atoms with Crippen molar-refractivity contribution in [1.82, 2.24) is 15.2 Å². The van der Waals surface area contributed by atoms with Crippen LogP contribution in [0.2, 0.25) is 0 Å². The molecule has 2 atom stereocenters. The zero-order valence-electron chi connectivity index (χ0n) is 18.3. The summed E-state index contributed by atoms with van der Waals surface area (Å²) in [5.74, 6) is 0.619. The summed E-state index contributed by atoms with van der Waals surface area (Å²) < 4.78 is 20.4. The van der Waals surface area contributed by atoms with Crippen molar-refractivity contribution in [2.24, 2.45) is 0 Å². The molecule has 2 N–H and O–H groups in total. The van der Waals surface area contributed by atoms with Gasteiger partial charge in [0.1, 0.15) is 29.9 Å². The lowest BCUT2D eigenvalue weighted by atomic mass is 10.0. The van der Waals surface area contributed by atoms with E-state index >= 15 is 0 Å². The first-order chi connectivity index (χ1) is 17.0. The first-order valence-corrected chi connectivity index (χ1v) is 12.1. The van der Waals surface area contributed by atoms with Gasteiger partial charge in [-0.3, -0.25) is 9.78 Å². The van der Waals surface area contributed by atoms with Crippen molar-refractivity contribution in [3.05, 3.63) is 107 Å². The molecule has 1 aliphatic heterocycles. The number of carbonyl (C=O) groups is 1. The van der Waals surface area contributed by atoms with Gasteiger partial charge in [0.2, 0.25) is 5.91 Å². The van der Waals surface area contributed by atoms with E-state index in [0.29, 0.717) is 32.4 Å². The number of anilines is 1. The fraction of sp³-hybridized carbons (Fsp3) is 0.115. The highest BCUT2D eigenvalue weighted by molar-refractivity contribution is 9.10. The summed E-state index contributed by atoms with van der Waals surface area (Å²) in [6.45, 7) is 0.0189. The summed E-state index contributed by atoms with van der Waals surface area (Å²) in [4.78, 5) is 19.2. The summed E-state index contributed by atoms with van der Waals surface area (Å²) in [6.07, 6.45) is 1.71. The Balaban J connectivity index is 1.47. The molecular weight excluding hydrogens is 531 g/mol. The van der Waals surface area contributed by atoms with Crippen LogP contribution in [0.5, 0.6) is 0 Å². The lowest BCUT2D eigenvalue weighted by Crippen LogP contribution is -2.36. The van der Waals surface area contributed by atoms with E-state index in [0.717, 1.165) is 5.69 Å². The van der Waals surface area contributed by atoms with Gasteiger partial charge in [-0.1, -0.05) is 24.3 Å². The van der Waals surface area contributed by atoms with Gasteiger partial charge in [0.25, 0.3) is 0 Å². The van der Waals surface area contributed by atoms with Crippen LogP contribution in [0, 0.1) is 5.82 Å². The molecule has 2 aromatic heterocycles. The third-order valence-electron chi connectivity index (χ3n) is 5.68. The molecule has 9 heteroatoms. The fourth-order valence-electron chi connectivity index (χ4n) is 4.11. The van der Waals surface area contributed by atoms with Crippen LogP contribution in [0.1, 0.15) is 23.5 Å². The maximum atomic E-state index is 13.6. The van der Waals surface area contributed by atoms with Crippen LogP contribution in [0.15, 0.2) is 93.9 Å². The maximum Gasteiger partial charge on any atom is 0.244 e. The predicted molar refractivity (Wildman–Crippen MR) is 139 cm³/mol. The Morgan fingerprint density at radius 3 is 2.66 bits per heavy atom. The Kier molecular flexibility index (Phi) is 6.61. The third-order valence-corrected chi connectivity index (χ3v) is 6.69. The zero-order valence-corrected chi connectivity index (χ0v) is 20.7. The highest BCUT2D eigenvalue weighted by atomic mass is 79.9. The lowest BCUT2D eigenvalue weighted by molar-refractivity contribution is -0.116. The Bertz CT molecular complexity index is 1370. The molecule has 2 aromatic carbocycles. The number of halogens is 2. The van der Waals surface area contributed by atoms with Crippen LogP contribution in [-0.4, -0.2) is 27.4 Å². The molecule has 0 aliphatic carbocycles. The molecular formula is C26H20BrFN4O2S. The molecule has 2 unspecified atom stereocenters. The van der Waals surface area contributed by atoms with Crippen LogP contribution in [0.4, 0.5) is 10.1 Å². The van der Waals surface area contributed by atoms with Crippen LogP contribution in [0.25, 0.3) is 11.3 Å². The predicted octanol–water partition coefficient (Wildman–Crippen LogP) is 5.85. The number of carbonyl (C=O) groups excluding carboxylic acids is 1. The third kappa shape index (κ3) is 4.96.